The second kappa shape index (κ2) is 5.20. The summed E-state index contributed by atoms with van der Waals surface area (Å²) in [6.07, 6.45) is 7.43. The lowest BCUT2D eigenvalue weighted by molar-refractivity contribution is 0.403. The van der Waals surface area contributed by atoms with Gasteiger partial charge in [0.25, 0.3) is 0 Å². The second-order valence-corrected chi connectivity index (χ2v) is 6.51. The predicted octanol–water partition coefficient (Wildman–Crippen LogP) is 2.97. The van der Waals surface area contributed by atoms with Crippen molar-refractivity contribution in [1.29, 1.82) is 0 Å². The average Bonchev–Trinajstić information content (AvgIpc) is 3.00. The molecule has 0 radical (unpaired) electrons. The molecule has 1 aromatic rings. The summed E-state index contributed by atoms with van der Waals surface area (Å²) in [5.74, 6) is 3.51. The van der Waals surface area contributed by atoms with E-state index in [1.165, 1.54) is 25.7 Å². The van der Waals surface area contributed by atoms with E-state index in [9.17, 15) is 0 Å². The van der Waals surface area contributed by atoms with Crippen LogP contribution in [-0.4, -0.2) is 16.0 Å². The lowest BCUT2D eigenvalue weighted by Gasteiger charge is -2.21. The van der Waals surface area contributed by atoms with E-state index < -0.39 is 0 Å². The number of hydrogen-bond acceptors (Lipinski definition) is 3. The van der Waals surface area contributed by atoms with Crippen LogP contribution < -0.4 is 5.73 Å². The van der Waals surface area contributed by atoms with E-state index in [0.29, 0.717) is 5.92 Å². The Balaban J connectivity index is 1.81. The van der Waals surface area contributed by atoms with Crippen LogP contribution in [-0.2, 0) is 6.42 Å². The van der Waals surface area contributed by atoms with Gasteiger partial charge in [-0.3, -0.25) is 0 Å². The molecule has 3 rings (SSSR count). The van der Waals surface area contributed by atoms with Gasteiger partial charge >= 0.3 is 0 Å². The molecular weight excluding hydrogens is 234 g/mol. The molecule has 3 heteroatoms. The van der Waals surface area contributed by atoms with Gasteiger partial charge in [0, 0.05) is 29.8 Å². The van der Waals surface area contributed by atoms with Crippen LogP contribution >= 0.6 is 0 Å². The minimum atomic E-state index is 0.224. The molecule has 4 atom stereocenters. The van der Waals surface area contributed by atoms with Crippen LogP contribution in [0.2, 0.25) is 0 Å². The molecule has 1 heterocycles. The number of nitrogens with two attached hydrogens (primary N) is 1. The standard InChI is InChI=1S/C16H25N3/c1-3-13(17)9-14-6-10(2)18-16(19-14)15-8-11-4-5-12(15)7-11/h6,11-13,15H,3-5,7-9,17H2,1-2H3. The number of aromatic nitrogens is 2. The van der Waals surface area contributed by atoms with Crippen molar-refractivity contribution in [2.75, 3.05) is 0 Å². The van der Waals surface area contributed by atoms with Crippen LogP contribution in [0.5, 0.6) is 0 Å². The molecule has 19 heavy (non-hydrogen) atoms. The first-order valence-electron chi connectivity index (χ1n) is 7.75. The summed E-state index contributed by atoms with van der Waals surface area (Å²) in [6.45, 7) is 4.22. The van der Waals surface area contributed by atoms with Crippen molar-refractivity contribution in [3.05, 3.63) is 23.3 Å². The fraction of sp³-hybridized carbons (Fsp3) is 0.750. The van der Waals surface area contributed by atoms with E-state index in [2.05, 4.69) is 19.9 Å². The van der Waals surface area contributed by atoms with E-state index in [4.69, 9.17) is 15.7 Å². The van der Waals surface area contributed by atoms with Crippen molar-refractivity contribution in [3.63, 3.8) is 0 Å². The molecule has 0 amide bonds. The molecule has 2 N–H and O–H groups in total. The zero-order chi connectivity index (χ0) is 13.4. The fourth-order valence-corrected chi connectivity index (χ4v) is 3.90. The Morgan fingerprint density at radius 1 is 1.32 bits per heavy atom. The largest absolute Gasteiger partial charge is 0.327 e. The summed E-state index contributed by atoms with van der Waals surface area (Å²) in [5, 5.41) is 0. The van der Waals surface area contributed by atoms with Crippen LogP contribution in [0.4, 0.5) is 0 Å². The highest BCUT2D eigenvalue weighted by molar-refractivity contribution is 5.16. The zero-order valence-electron chi connectivity index (χ0n) is 12.1. The molecule has 2 aliphatic rings. The summed E-state index contributed by atoms with van der Waals surface area (Å²) in [7, 11) is 0. The van der Waals surface area contributed by atoms with E-state index in [0.717, 1.165) is 41.9 Å². The number of fused-ring (bicyclic) bond motifs is 2. The third-order valence-electron chi connectivity index (χ3n) is 4.99. The van der Waals surface area contributed by atoms with Crippen LogP contribution in [0.1, 0.15) is 62.2 Å². The first kappa shape index (κ1) is 13.0. The molecular formula is C16H25N3. The van der Waals surface area contributed by atoms with Crippen molar-refractivity contribution in [1.82, 2.24) is 9.97 Å². The average molecular weight is 259 g/mol. The maximum atomic E-state index is 6.06. The highest BCUT2D eigenvalue weighted by Gasteiger charge is 2.41. The zero-order valence-corrected chi connectivity index (χ0v) is 12.1. The molecule has 4 unspecified atom stereocenters. The first-order valence-corrected chi connectivity index (χ1v) is 7.75. The molecule has 0 aromatic carbocycles. The van der Waals surface area contributed by atoms with Crippen molar-refractivity contribution in [2.45, 2.75) is 64.3 Å². The monoisotopic (exact) mass is 259 g/mol. The first-order chi connectivity index (χ1) is 9.15. The van der Waals surface area contributed by atoms with Crippen molar-refractivity contribution in [2.24, 2.45) is 17.6 Å². The van der Waals surface area contributed by atoms with Gasteiger partial charge in [0.05, 0.1) is 0 Å². The smallest absolute Gasteiger partial charge is 0.132 e. The number of aryl methyl sites for hydroxylation is 1. The molecule has 104 valence electrons. The Morgan fingerprint density at radius 3 is 2.79 bits per heavy atom. The highest BCUT2D eigenvalue weighted by atomic mass is 14.9. The summed E-state index contributed by atoms with van der Waals surface area (Å²) < 4.78 is 0. The van der Waals surface area contributed by atoms with E-state index >= 15 is 0 Å². The maximum Gasteiger partial charge on any atom is 0.132 e. The Morgan fingerprint density at radius 2 is 2.16 bits per heavy atom. The molecule has 0 aliphatic heterocycles. The molecule has 2 aliphatic carbocycles. The molecule has 2 bridgehead atoms. The van der Waals surface area contributed by atoms with Crippen molar-refractivity contribution >= 4 is 0 Å². The van der Waals surface area contributed by atoms with Crippen LogP contribution in [0.25, 0.3) is 0 Å². The summed E-state index contributed by atoms with van der Waals surface area (Å²) in [5.41, 5.74) is 8.30. The predicted molar refractivity (Wildman–Crippen MR) is 76.9 cm³/mol. The molecule has 1 aromatic heterocycles. The summed E-state index contributed by atoms with van der Waals surface area (Å²) in [4.78, 5) is 9.55. The summed E-state index contributed by atoms with van der Waals surface area (Å²) in [6, 6.07) is 2.33. The third-order valence-corrected chi connectivity index (χ3v) is 4.99. The highest BCUT2D eigenvalue weighted by Crippen LogP contribution is 2.52. The molecule has 2 fully saturated rings. The maximum absolute atomic E-state index is 6.06. The molecule has 3 nitrogen and oxygen atoms in total. The van der Waals surface area contributed by atoms with Gasteiger partial charge in [-0.2, -0.15) is 0 Å². The van der Waals surface area contributed by atoms with Crippen molar-refractivity contribution in [3.8, 4) is 0 Å². The van der Waals surface area contributed by atoms with Gasteiger partial charge in [0.15, 0.2) is 0 Å². The normalized spacial score (nSPS) is 30.8. The summed E-state index contributed by atoms with van der Waals surface area (Å²) >= 11 is 0. The molecule has 2 saturated carbocycles. The topological polar surface area (TPSA) is 51.8 Å². The van der Waals surface area contributed by atoms with Gasteiger partial charge in [-0.25, -0.2) is 9.97 Å². The van der Waals surface area contributed by atoms with Crippen molar-refractivity contribution < 1.29 is 0 Å². The number of nitrogens with zero attached hydrogens (tertiary/aromatic N) is 2. The Bertz CT molecular complexity index is 457. The fourth-order valence-electron chi connectivity index (χ4n) is 3.90. The van der Waals surface area contributed by atoms with E-state index in [-0.39, 0.29) is 6.04 Å². The second-order valence-electron chi connectivity index (χ2n) is 6.51. The quantitative estimate of drug-likeness (QED) is 0.904. The minimum absolute atomic E-state index is 0.224. The Hall–Kier alpha value is -0.960. The third kappa shape index (κ3) is 2.66. The van der Waals surface area contributed by atoms with Gasteiger partial charge in [0.1, 0.15) is 5.82 Å². The minimum Gasteiger partial charge on any atom is -0.327 e. The van der Waals surface area contributed by atoms with Gasteiger partial charge in [0.2, 0.25) is 0 Å². The lowest BCUT2D eigenvalue weighted by atomic mass is 9.88. The van der Waals surface area contributed by atoms with Crippen LogP contribution in [0.3, 0.4) is 0 Å². The number of rotatable bonds is 4. The van der Waals surface area contributed by atoms with Gasteiger partial charge in [-0.05, 0) is 50.5 Å². The lowest BCUT2D eigenvalue weighted by Crippen LogP contribution is -2.23. The van der Waals surface area contributed by atoms with E-state index in [1.54, 1.807) is 0 Å². The van der Waals surface area contributed by atoms with Crippen LogP contribution in [0, 0.1) is 18.8 Å². The van der Waals surface area contributed by atoms with Gasteiger partial charge < -0.3 is 5.73 Å². The SMILES string of the molecule is CCC(N)Cc1cc(C)nc(C2CC3CCC2C3)n1. The Labute approximate surface area is 116 Å². The number of hydrogen-bond donors (Lipinski definition) is 1. The van der Waals surface area contributed by atoms with Gasteiger partial charge in [-0.15, -0.1) is 0 Å². The van der Waals surface area contributed by atoms with E-state index in [1.807, 2.05) is 0 Å². The Kier molecular flexibility index (Phi) is 3.57. The molecule has 0 spiro atoms. The van der Waals surface area contributed by atoms with Gasteiger partial charge in [-0.1, -0.05) is 13.3 Å². The van der Waals surface area contributed by atoms with Crippen LogP contribution in [0.15, 0.2) is 6.07 Å². The molecule has 0 saturated heterocycles.